The number of piperidine rings is 1. The third kappa shape index (κ3) is 3.92. The van der Waals surface area contributed by atoms with Gasteiger partial charge in [-0.15, -0.1) is 0 Å². The predicted octanol–water partition coefficient (Wildman–Crippen LogP) is 2.94. The number of carbonyl (C=O) groups is 2. The van der Waals surface area contributed by atoms with E-state index in [0.717, 1.165) is 44.3 Å². The zero-order valence-corrected chi connectivity index (χ0v) is 14.0. The van der Waals surface area contributed by atoms with Gasteiger partial charge in [-0.2, -0.15) is 0 Å². The van der Waals surface area contributed by atoms with Crippen LogP contribution in [0.3, 0.4) is 0 Å². The molecule has 4 nitrogen and oxygen atoms in total. The minimum Gasteiger partial charge on any atom is -0.353 e. The van der Waals surface area contributed by atoms with E-state index in [2.05, 4.69) is 19.2 Å². The molecular weight excluding hydrogens is 288 g/mol. The molecule has 1 saturated carbocycles. The third-order valence-electron chi connectivity index (χ3n) is 4.90. The van der Waals surface area contributed by atoms with Crippen LogP contribution in [-0.4, -0.2) is 35.8 Å². The molecule has 3 rings (SSSR count). The van der Waals surface area contributed by atoms with Crippen LogP contribution >= 0.6 is 0 Å². The highest BCUT2D eigenvalue weighted by molar-refractivity contribution is 5.94. The van der Waals surface area contributed by atoms with Gasteiger partial charge in [0.15, 0.2) is 0 Å². The number of amides is 2. The van der Waals surface area contributed by atoms with Crippen LogP contribution in [-0.2, 0) is 4.79 Å². The van der Waals surface area contributed by atoms with Crippen LogP contribution in [0.4, 0.5) is 0 Å². The molecule has 0 bridgehead atoms. The molecule has 1 N–H and O–H groups in total. The van der Waals surface area contributed by atoms with Gasteiger partial charge in [0.25, 0.3) is 5.91 Å². The number of likely N-dealkylation sites (tertiary alicyclic amines) is 1. The Morgan fingerprint density at radius 3 is 2.17 bits per heavy atom. The molecule has 1 aliphatic heterocycles. The van der Waals surface area contributed by atoms with Gasteiger partial charge in [-0.1, -0.05) is 26.0 Å². The first-order valence-corrected chi connectivity index (χ1v) is 8.74. The van der Waals surface area contributed by atoms with E-state index in [1.54, 1.807) is 0 Å². The smallest absolute Gasteiger partial charge is 0.253 e. The van der Waals surface area contributed by atoms with Crippen molar-refractivity contribution in [1.82, 2.24) is 10.2 Å². The van der Waals surface area contributed by atoms with Crippen molar-refractivity contribution in [2.24, 2.45) is 5.92 Å². The van der Waals surface area contributed by atoms with Crippen LogP contribution in [0, 0.1) is 5.92 Å². The second-order valence-corrected chi connectivity index (χ2v) is 7.13. The third-order valence-corrected chi connectivity index (χ3v) is 4.90. The summed E-state index contributed by atoms with van der Waals surface area (Å²) in [6.45, 7) is 5.75. The molecule has 1 aromatic rings. The fourth-order valence-corrected chi connectivity index (χ4v) is 3.08. The summed E-state index contributed by atoms with van der Waals surface area (Å²) in [5.74, 6) is 1.05. The van der Waals surface area contributed by atoms with Crippen LogP contribution in [0.5, 0.6) is 0 Å². The Labute approximate surface area is 138 Å². The quantitative estimate of drug-likeness (QED) is 0.929. The minimum atomic E-state index is 0.104. The van der Waals surface area contributed by atoms with Crippen LogP contribution in [0.2, 0.25) is 0 Å². The largest absolute Gasteiger partial charge is 0.353 e. The summed E-state index contributed by atoms with van der Waals surface area (Å²) >= 11 is 0. The molecule has 0 atom stereocenters. The summed E-state index contributed by atoms with van der Waals surface area (Å²) in [6.07, 6.45) is 3.79. The molecule has 1 heterocycles. The van der Waals surface area contributed by atoms with Crippen LogP contribution in [0.15, 0.2) is 24.3 Å². The van der Waals surface area contributed by atoms with E-state index in [1.165, 1.54) is 5.56 Å². The molecule has 0 spiro atoms. The number of nitrogens with one attached hydrogen (secondary N) is 1. The highest BCUT2D eigenvalue weighted by atomic mass is 16.2. The van der Waals surface area contributed by atoms with Gasteiger partial charge in [0.1, 0.15) is 0 Å². The first-order valence-electron chi connectivity index (χ1n) is 8.74. The van der Waals surface area contributed by atoms with E-state index in [-0.39, 0.29) is 23.8 Å². The molecule has 2 amide bonds. The van der Waals surface area contributed by atoms with E-state index in [0.29, 0.717) is 5.92 Å². The highest BCUT2D eigenvalue weighted by Crippen LogP contribution is 2.29. The molecule has 1 aromatic carbocycles. The predicted molar refractivity (Wildman–Crippen MR) is 90.3 cm³/mol. The summed E-state index contributed by atoms with van der Waals surface area (Å²) in [4.78, 5) is 26.3. The van der Waals surface area contributed by atoms with Gasteiger partial charge in [-0.3, -0.25) is 9.59 Å². The summed E-state index contributed by atoms with van der Waals surface area (Å²) in [6, 6.07) is 8.17. The number of hydrogen-bond acceptors (Lipinski definition) is 2. The second kappa shape index (κ2) is 6.73. The monoisotopic (exact) mass is 314 g/mol. The summed E-state index contributed by atoms with van der Waals surface area (Å²) in [5, 5.41) is 3.12. The van der Waals surface area contributed by atoms with Gasteiger partial charge < -0.3 is 10.2 Å². The van der Waals surface area contributed by atoms with Crippen molar-refractivity contribution < 1.29 is 9.59 Å². The average Bonchev–Trinajstić information content (AvgIpc) is 3.40. The van der Waals surface area contributed by atoms with E-state index < -0.39 is 0 Å². The van der Waals surface area contributed by atoms with Gasteiger partial charge in [0.05, 0.1) is 0 Å². The molecule has 0 aromatic heterocycles. The second-order valence-electron chi connectivity index (χ2n) is 7.13. The fraction of sp³-hybridized carbons (Fsp3) is 0.579. The summed E-state index contributed by atoms with van der Waals surface area (Å²) in [7, 11) is 0. The van der Waals surface area contributed by atoms with Crippen molar-refractivity contribution in [3.8, 4) is 0 Å². The maximum absolute atomic E-state index is 12.6. The number of rotatable bonds is 4. The van der Waals surface area contributed by atoms with Gasteiger partial charge in [-0.25, -0.2) is 0 Å². The first-order chi connectivity index (χ1) is 11.0. The van der Waals surface area contributed by atoms with Gasteiger partial charge in [-0.05, 0) is 49.3 Å². The maximum atomic E-state index is 12.6. The maximum Gasteiger partial charge on any atom is 0.253 e. The molecule has 2 fully saturated rings. The van der Waals surface area contributed by atoms with Crippen molar-refractivity contribution in [3.05, 3.63) is 35.4 Å². The van der Waals surface area contributed by atoms with Gasteiger partial charge >= 0.3 is 0 Å². The zero-order valence-electron chi connectivity index (χ0n) is 14.0. The molecule has 0 radical (unpaired) electrons. The standard InChI is InChI=1S/C19H26N2O2/c1-13(2)14-3-7-16(8-4-14)19(23)21-11-9-17(10-12-21)20-18(22)15-5-6-15/h3-4,7-8,13,15,17H,5-6,9-12H2,1-2H3,(H,20,22). The topological polar surface area (TPSA) is 49.4 Å². The molecule has 124 valence electrons. The fourth-order valence-electron chi connectivity index (χ4n) is 3.08. The SMILES string of the molecule is CC(C)c1ccc(C(=O)N2CCC(NC(=O)C3CC3)CC2)cc1. The lowest BCUT2D eigenvalue weighted by molar-refractivity contribution is -0.123. The average molecular weight is 314 g/mol. The van der Waals surface area contributed by atoms with Crippen molar-refractivity contribution in [2.75, 3.05) is 13.1 Å². The molecule has 23 heavy (non-hydrogen) atoms. The van der Waals surface area contributed by atoms with E-state index in [9.17, 15) is 9.59 Å². The van der Waals surface area contributed by atoms with Crippen molar-refractivity contribution in [1.29, 1.82) is 0 Å². The Bertz CT molecular complexity index is 568. The molecule has 4 heteroatoms. The molecule has 1 aliphatic carbocycles. The van der Waals surface area contributed by atoms with E-state index in [1.807, 2.05) is 29.2 Å². The van der Waals surface area contributed by atoms with Crippen LogP contribution < -0.4 is 5.32 Å². The van der Waals surface area contributed by atoms with E-state index in [4.69, 9.17) is 0 Å². The van der Waals surface area contributed by atoms with Crippen LogP contribution in [0.25, 0.3) is 0 Å². The number of hydrogen-bond donors (Lipinski definition) is 1. The molecule has 2 aliphatic rings. The Morgan fingerprint density at radius 1 is 1.04 bits per heavy atom. The molecule has 0 unspecified atom stereocenters. The molecule has 1 saturated heterocycles. The highest BCUT2D eigenvalue weighted by Gasteiger charge is 2.32. The Hall–Kier alpha value is -1.84. The lowest BCUT2D eigenvalue weighted by Crippen LogP contribution is -2.46. The van der Waals surface area contributed by atoms with Gasteiger partial charge in [0.2, 0.25) is 5.91 Å². The van der Waals surface area contributed by atoms with Gasteiger partial charge in [0, 0.05) is 30.6 Å². The Balaban J connectivity index is 1.52. The Morgan fingerprint density at radius 2 is 1.65 bits per heavy atom. The normalized spacial score (nSPS) is 19.0. The zero-order chi connectivity index (χ0) is 16.4. The number of nitrogens with zero attached hydrogens (tertiary/aromatic N) is 1. The van der Waals surface area contributed by atoms with Crippen LogP contribution in [0.1, 0.15) is 61.4 Å². The lowest BCUT2D eigenvalue weighted by atomic mass is 10.0. The van der Waals surface area contributed by atoms with Crippen molar-refractivity contribution in [3.63, 3.8) is 0 Å². The molecular formula is C19H26N2O2. The minimum absolute atomic E-state index is 0.104. The number of carbonyl (C=O) groups excluding carboxylic acids is 2. The summed E-state index contributed by atoms with van der Waals surface area (Å²) in [5.41, 5.74) is 2.01. The summed E-state index contributed by atoms with van der Waals surface area (Å²) < 4.78 is 0. The van der Waals surface area contributed by atoms with Crippen molar-refractivity contribution >= 4 is 11.8 Å². The van der Waals surface area contributed by atoms with E-state index >= 15 is 0 Å². The van der Waals surface area contributed by atoms with Crippen molar-refractivity contribution in [2.45, 2.75) is 51.5 Å². The lowest BCUT2D eigenvalue weighted by Gasteiger charge is -2.32. The Kier molecular flexibility index (Phi) is 4.69. The number of benzene rings is 1. The first kappa shape index (κ1) is 16.0.